The van der Waals surface area contributed by atoms with Crippen molar-refractivity contribution in [3.05, 3.63) is 81.2 Å². The van der Waals surface area contributed by atoms with Gasteiger partial charge in [-0.05, 0) is 43.6 Å². The standard InChI is InChI=1S/C21H21N3O4S/c1-13-3-7-15(8-4-13)20(25)27-12-18-17(11-19(29-18)23-24-22)28-21(26)16-9-5-14(2)6-10-16/h3-10,17-19H,11-12H2,1-2H3/t17-,18+,19?/m0/s1. The third kappa shape index (κ3) is 5.53. The number of azide groups is 1. The van der Waals surface area contributed by atoms with E-state index in [9.17, 15) is 9.59 Å². The molecule has 3 rings (SSSR count). The summed E-state index contributed by atoms with van der Waals surface area (Å²) >= 11 is 1.35. The van der Waals surface area contributed by atoms with Crippen LogP contribution < -0.4 is 0 Å². The fourth-order valence-corrected chi connectivity index (χ4v) is 4.21. The lowest BCUT2D eigenvalue weighted by Crippen LogP contribution is -2.29. The molecule has 0 spiro atoms. The zero-order chi connectivity index (χ0) is 20.8. The van der Waals surface area contributed by atoms with Gasteiger partial charge in [-0.15, -0.1) is 11.8 Å². The average Bonchev–Trinajstić information content (AvgIpc) is 3.08. The molecule has 2 aromatic rings. The molecule has 0 aliphatic carbocycles. The first-order valence-electron chi connectivity index (χ1n) is 9.17. The summed E-state index contributed by atoms with van der Waals surface area (Å²) in [5.74, 6) is -0.895. The SMILES string of the molecule is Cc1ccc(C(=O)OC[C@H]2SC(N=[N+]=[N-])C[C@@H]2OC(=O)c2ccc(C)cc2)cc1. The summed E-state index contributed by atoms with van der Waals surface area (Å²) in [5.41, 5.74) is 11.7. The van der Waals surface area contributed by atoms with E-state index in [1.807, 2.05) is 38.1 Å². The largest absolute Gasteiger partial charge is 0.461 e. The highest BCUT2D eigenvalue weighted by Gasteiger charge is 2.38. The number of hydrogen-bond acceptors (Lipinski definition) is 6. The van der Waals surface area contributed by atoms with Gasteiger partial charge in [-0.2, -0.15) is 0 Å². The highest BCUT2D eigenvalue weighted by Crippen LogP contribution is 2.37. The molecule has 0 saturated carbocycles. The van der Waals surface area contributed by atoms with Crippen molar-refractivity contribution in [1.29, 1.82) is 0 Å². The van der Waals surface area contributed by atoms with Crippen molar-refractivity contribution in [2.45, 2.75) is 37.0 Å². The third-order valence-corrected chi connectivity index (χ3v) is 5.96. The molecule has 1 heterocycles. The summed E-state index contributed by atoms with van der Waals surface area (Å²) in [4.78, 5) is 27.6. The van der Waals surface area contributed by atoms with E-state index in [0.717, 1.165) is 11.1 Å². The topological polar surface area (TPSA) is 101 Å². The van der Waals surface area contributed by atoms with Gasteiger partial charge in [-0.25, -0.2) is 9.59 Å². The maximum absolute atomic E-state index is 12.5. The zero-order valence-corrected chi connectivity index (χ0v) is 17.0. The molecular formula is C21H21N3O4S. The fourth-order valence-electron chi connectivity index (χ4n) is 2.92. The number of rotatable bonds is 6. The number of benzene rings is 2. The Morgan fingerprint density at radius 2 is 1.59 bits per heavy atom. The lowest BCUT2D eigenvalue weighted by molar-refractivity contribution is 0.0213. The number of ether oxygens (including phenoxy) is 2. The van der Waals surface area contributed by atoms with Crippen molar-refractivity contribution in [2.24, 2.45) is 5.11 Å². The van der Waals surface area contributed by atoms with Crippen molar-refractivity contribution in [3.8, 4) is 0 Å². The molecule has 0 amide bonds. The van der Waals surface area contributed by atoms with Crippen LogP contribution >= 0.6 is 11.8 Å². The third-order valence-electron chi connectivity index (χ3n) is 4.57. The Morgan fingerprint density at radius 1 is 1.03 bits per heavy atom. The second kappa shape index (κ2) is 9.49. The van der Waals surface area contributed by atoms with Gasteiger partial charge in [0.1, 0.15) is 12.7 Å². The summed E-state index contributed by atoms with van der Waals surface area (Å²) < 4.78 is 11.1. The Bertz CT molecular complexity index is 924. The van der Waals surface area contributed by atoms with Gasteiger partial charge in [-0.3, -0.25) is 0 Å². The predicted octanol–water partition coefficient (Wildman–Crippen LogP) is 4.83. The van der Waals surface area contributed by atoms with Crippen LogP contribution in [-0.4, -0.2) is 35.3 Å². The van der Waals surface area contributed by atoms with E-state index in [1.165, 1.54) is 11.8 Å². The molecule has 8 heteroatoms. The van der Waals surface area contributed by atoms with Gasteiger partial charge >= 0.3 is 11.9 Å². The second-order valence-corrected chi connectivity index (χ2v) is 8.27. The summed E-state index contributed by atoms with van der Waals surface area (Å²) in [6, 6.07) is 14.2. The first-order chi connectivity index (χ1) is 14.0. The highest BCUT2D eigenvalue weighted by molar-refractivity contribution is 8.00. The fraction of sp³-hybridized carbons (Fsp3) is 0.333. The molecule has 1 saturated heterocycles. The minimum atomic E-state index is -0.518. The summed E-state index contributed by atoms with van der Waals surface area (Å²) in [6.07, 6.45) is -0.144. The molecule has 0 bridgehead atoms. The quantitative estimate of drug-likeness (QED) is 0.293. The van der Waals surface area contributed by atoms with Gasteiger partial charge in [0.25, 0.3) is 0 Å². The van der Waals surface area contributed by atoms with E-state index in [-0.39, 0.29) is 17.2 Å². The van der Waals surface area contributed by atoms with E-state index < -0.39 is 18.0 Å². The maximum Gasteiger partial charge on any atom is 0.338 e. The van der Waals surface area contributed by atoms with Crippen molar-refractivity contribution in [2.75, 3.05) is 6.61 Å². The molecule has 29 heavy (non-hydrogen) atoms. The Hall–Kier alpha value is -2.96. The summed E-state index contributed by atoms with van der Waals surface area (Å²) in [6.45, 7) is 3.93. The van der Waals surface area contributed by atoms with Gasteiger partial charge in [-0.1, -0.05) is 40.5 Å². The lowest BCUT2D eigenvalue weighted by atomic mass is 10.1. The Morgan fingerprint density at radius 3 is 2.14 bits per heavy atom. The molecule has 0 N–H and O–H groups in total. The lowest BCUT2D eigenvalue weighted by Gasteiger charge is -2.19. The van der Waals surface area contributed by atoms with E-state index in [4.69, 9.17) is 15.0 Å². The van der Waals surface area contributed by atoms with Crippen LogP contribution in [0.25, 0.3) is 10.4 Å². The maximum atomic E-state index is 12.5. The molecule has 1 unspecified atom stereocenters. The van der Waals surface area contributed by atoms with Crippen LogP contribution in [0.2, 0.25) is 0 Å². The minimum Gasteiger partial charge on any atom is -0.461 e. The van der Waals surface area contributed by atoms with Crippen LogP contribution in [0.5, 0.6) is 0 Å². The van der Waals surface area contributed by atoms with Crippen LogP contribution in [-0.2, 0) is 9.47 Å². The van der Waals surface area contributed by atoms with Crippen LogP contribution in [0, 0.1) is 13.8 Å². The Kier molecular flexibility index (Phi) is 6.80. The smallest absolute Gasteiger partial charge is 0.338 e. The Labute approximate surface area is 173 Å². The van der Waals surface area contributed by atoms with E-state index in [2.05, 4.69) is 10.0 Å². The molecule has 0 radical (unpaired) electrons. The summed E-state index contributed by atoms with van der Waals surface area (Å²) in [5, 5.41) is 3.04. The van der Waals surface area contributed by atoms with Gasteiger partial charge in [0.2, 0.25) is 0 Å². The van der Waals surface area contributed by atoms with E-state index >= 15 is 0 Å². The zero-order valence-electron chi connectivity index (χ0n) is 16.1. The van der Waals surface area contributed by atoms with Gasteiger partial charge in [0, 0.05) is 11.3 Å². The monoisotopic (exact) mass is 411 g/mol. The number of carbonyl (C=O) groups excluding carboxylic acids is 2. The van der Waals surface area contributed by atoms with Gasteiger partial charge < -0.3 is 9.47 Å². The van der Waals surface area contributed by atoms with Crippen LogP contribution in [0.4, 0.5) is 0 Å². The molecule has 1 aliphatic rings. The van der Waals surface area contributed by atoms with Crippen molar-refractivity contribution >= 4 is 23.7 Å². The first kappa shape index (κ1) is 20.8. The molecule has 150 valence electrons. The normalized spacial score (nSPS) is 20.6. The van der Waals surface area contributed by atoms with Crippen LogP contribution in [0.1, 0.15) is 38.3 Å². The number of esters is 2. The first-order valence-corrected chi connectivity index (χ1v) is 10.1. The average molecular weight is 411 g/mol. The number of thioether (sulfide) groups is 1. The van der Waals surface area contributed by atoms with Crippen LogP contribution in [0.3, 0.4) is 0 Å². The molecule has 3 atom stereocenters. The molecule has 0 aromatic heterocycles. The Balaban J connectivity index is 1.64. The highest BCUT2D eigenvalue weighted by atomic mass is 32.2. The summed E-state index contributed by atoms with van der Waals surface area (Å²) in [7, 11) is 0. The van der Waals surface area contributed by atoms with E-state index in [0.29, 0.717) is 17.5 Å². The minimum absolute atomic E-state index is 0.0562. The van der Waals surface area contributed by atoms with E-state index in [1.54, 1.807) is 24.3 Å². The van der Waals surface area contributed by atoms with Gasteiger partial charge in [0.15, 0.2) is 0 Å². The molecular weight excluding hydrogens is 390 g/mol. The number of hydrogen-bond donors (Lipinski definition) is 0. The van der Waals surface area contributed by atoms with Crippen LogP contribution in [0.15, 0.2) is 53.6 Å². The molecule has 2 aromatic carbocycles. The van der Waals surface area contributed by atoms with Crippen molar-refractivity contribution in [3.63, 3.8) is 0 Å². The molecule has 1 aliphatic heterocycles. The number of carbonyl (C=O) groups is 2. The number of nitrogens with zero attached hydrogens (tertiary/aromatic N) is 3. The predicted molar refractivity (Wildman–Crippen MR) is 111 cm³/mol. The van der Waals surface area contributed by atoms with Gasteiger partial charge in [0.05, 0.1) is 21.8 Å². The number of aryl methyl sites for hydroxylation is 2. The second-order valence-electron chi connectivity index (χ2n) is 6.84. The molecule has 1 fully saturated rings. The van der Waals surface area contributed by atoms with Crippen molar-refractivity contribution < 1.29 is 19.1 Å². The van der Waals surface area contributed by atoms with Crippen molar-refractivity contribution in [1.82, 2.24) is 0 Å². The molecule has 7 nitrogen and oxygen atoms in total.